The van der Waals surface area contributed by atoms with Gasteiger partial charge in [-0.3, -0.25) is 14.9 Å². The van der Waals surface area contributed by atoms with Gasteiger partial charge in [-0.05, 0) is 6.92 Å². The van der Waals surface area contributed by atoms with Crippen LogP contribution in [0.4, 0.5) is 25.0 Å². The number of rotatable bonds is 5. The molecule has 0 aliphatic rings. The number of hydrogen-bond donors (Lipinski definition) is 3. The van der Waals surface area contributed by atoms with Gasteiger partial charge >= 0.3 is 17.7 Å². The lowest BCUT2D eigenvalue weighted by Gasteiger charge is -2.13. The molecule has 1 unspecified atom stereocenters. The number of nitro groups is 1. The molecule has 0 spiro atoms. The number of hydrogen-bond acceptors (Lipinski definition) is 4. The van der Waals surface area contributed by atoms with Crippen LogP contribution in [0.25, 0.3) is 0 Å². The van der Waals surface area contributed by atoms with Gasteiger partial charge in [0.05, 0.1) is 17.0 Å². The van der Waals surface area contributed by atoms with Gasteiger partial charge in [-0.15, -0.1) is 0 Å². The van der Waals surface area contributed by atoms with E-state index < -0.39 is 46.0 Å². The summed E-state index contributed by atoms with van der Waals surface area (Å²) >= 11 is 0. The smallest absolute Gasteiger partial charge is 0.319 e. The van der Waals surface area contributed by atoms with Gasteiger partial charge in [0.2, 0.25) is 5.82 Å². The Morgan fingerprint density at radius 1 is 1.38 bits per heavy atom. The quantitative estimate of drug-likeness (QED) is 0.566. The molecule has 0 heterocycles. The maximum Gasteiger partial charge on any atom is 0.319 e. The van der Waals surface area contributed by atoms with Crippen molar-refractivity contribution in [3.8, 4) is 0 Å². The number of nitro benzene ring substituents is 1. The van der Waals surface area contributed by atoms with Gasteiger partial charge in [-0.2, -0.15) is 4.39 Å². The second-order valence-electron chi connectivity index (χ2n) is 4.14. The molecule has 1 aromatic carbocycles. The summed E-state index contributed by atoms with van der Waals surface area (Å²) in [7, 11) is 0. The molecule has 1 aromatic rings. The number of amides is 2. The molecule has 114 valence electrons. The fourth-order valence-corrected chi connectivity index (χ4v) is 1.47. The lowest BCUT2D eigenvalue weighted by Crippen LogP contribution is -2.37. The SMILES string of the molecule is CC(CC(=O)O)NC(=O)Nc1cc([N+](=O)[O-])c(F)cc1F. The Balaban J connectivity index is 2.83. The van der Waals surface area contributed by atoms with E-state index in [9.17, 15) is 28.5 Å². The van der Waals surface area contributed by atoms with E-state index in [1.54, 1.807) is 0 Å². The first-order valence-corrected chi connectivity index (χ1v) is 5.63. The number of benzene rings is 1. The third kappa shape index (κ3) is 4.67. The number of nitrogens with one attached hydrogen (secondary N) is 2. The Hall–Kier alpha value is -2.78. The normalized spacial score (nSPS) is 11.6. The third-order valence-corrected chi connectivity index (χ3v) is 2.34. The highest BCUT2D eigenvalue weighted by Gasteiger charge is 2.20. The van der Waals surface area contributed by atoms with Crippen LogP contribution in [-0.2, 0) is 4.79 Å². The second-order valence-corrected chi connectivity index (χ2v) is 4.14. The number of carbonyl (C=O) groups excluding carboxylic acids is 1. The molecule has 0 radical (unpaired) electrons. The summed E-state index contributed by atoms with van der Waals surface area (Å²) in [6.07, 6.45) is -0.362. The van der Waals surface area contributed by atoms with Crippen molar-refractivity contribution in [2.75, 3.05) is 5.32 Å². The fraction of sp³-hybridized carbons (Fsp3) is 0.273. The largest absolute Gasteiger partial charge is 0.481 e. The summed E-state index contributed by atoms with van der Waals surface area (Å²) < 4.78 is 26.5. The molecule has 0 saturated heterocycles. The Morgan fingerprint density at radius 2 is 2.00 bits per heavy atom. The lowest BCUT2D eigenvalue weighted by molar-refractivity contribution is -0.387. The highest BCUT2D eigenvalue weighted by Crippen LogP contribution is 2.24. The average molecular weight is 303 g/mol. The highest BCUT2D eigenvalue weighted by molar-refractivity contribution is 5.90. The van der Waals surface area contributed by atoms with Crippen molar-refractivity contribution in [2.45, 2.75) is 19.4 Å². The molecule has 1 rings (SSSR count). The average Bonchev–Trinajstić information content (AvgIpc) is 2.30. The van der Waals surface area contributed by atoms with Crippen molar-refractivity contribution >= 4 is 23.4 Å². The number of carboxylic acids is 1. The Kier molecular flexibility index (Phi) is 5.11. The van der Waals surface area contributed by atoms with Gasteiger partial charge in [-0.1, -0.05) is 0 Å². The standard InChI is InChI=1S/C11H11F2N3O5/c1-5(2-10(17)18)14-11(19)15-8-4-9(16(20)21)7(13)3-6(8)12/h3-5H,2H2,1H3,(H,17,18)(H2,14,15,19). The number of carboxylic acid groups (broad SMARTS) is 1. The molecule has 1 atom stereocenters. The molecule has 3 N–H and O–H groups in total. The molecule has 21 heavy (non-hydrogen) atoms. The number of aliphatic carboxylic acids is 1. The summed E-state index contributed by atoms with van der Waals surface area (Å²) in [4.78, 5) is 31.3. The zero-order chi connectivity index (χ0) is 16.2. The summed E-state index contributed by atoms with van der Waals surface area (Å²) in [5, 5.41) is 23.2. The summed E-state index contributed by atoms with van der Waals surface area (Å²) in [6, 6.07) is -0.912. The van der Waals surface area contributed by atoms with Crippen LogP contribution < -0.4 is 10.6 Å². The summed E-state index contributed by atoms with van der Waals surface area (Å²) in [5.74, 6) is -3.71. The number of anilines is 1. The maximum absolute atomic E-state index is 13.4. The van der Waals surface area contributed by atoms with Gasteiger partial charge < -0.3 is 15.7 Å². The monoisotopic (exact) mass is 303 g/mol. The predicted octanol–water partition coefficient (Wildman–Crippen LogP) is 1.86. The molecular formula is C11H11F2N3O5. The number of urea groups is 1. The Bertz CT molecular complexity index is 593. The summed E-state index contributed by atoms with van der Waals surface area (Å²) in [5.41, 5.74) is -1.59. The van der Waals surface area contributed by atoms with Crippen LogP contribution in [0.1, 0.15) is 13.3 Å². The van der Waals surface area contributed by atoms with E-state index >= 15 is 0 Å². The molecule has 0 aromatic heterocycles. The number of halogens is 2. The molecule has 0 aliphatic carbocycles. The highest BCUT2D eigenvalue weighted by atomic mass is 19.1. The molecule has 8 nitrogen and oxygen atoms in total. The van der Waals surface area contributed by atoms with Crippen LogP contribution in [0.3, 0.4) is 0 Å². The van der Waals surface area contributed by atoms with E-state index in [4.69, 9.17) is 5.11 Å². The van der Waals surface area contributed by atoms with E-state index in [0.29, 0.717) is 6.07 Å². The molecular weight excluding hydrogens is 292 g/mol. The van der Waals surface area contributed by atoms with Crippen LogP contribution in [0.2, 0.25) is 0 Å². The number of carbonyl (C=O) groups is 2. The zero-order valence-corrected chi connectivity index (χ0v) is 10.7. The summed E-state index contributed by atoms with van der Waals surface area (Å²) in [6.45, 7) is 1.40. The molecule has 0 bridgehead atoms. The Labute approximate surface area is 116 Å². The first-order chi connectivity index (χ1) is 9.70. The minimum Gasteiger partial charge on any atom is -0.481 e. The van der Waals surface area contributed by atoms with Crippen molar-refractivity contribution in [3.63, 3.8) is 0 Å². The van der Waals surface area contributed by atoms with E-state index in [0.717, 1.165) is 0 Å². The second kappa shape index (κ2) is 6.59. The zero-order valence-electron chi connectivity index (χ0n) is 10.7. The van der Waals surface area contributed by atoms with Gasteiger partial charge in [0, 0.05) is 18.2 Å². The van der Waals surface area contributed by atoms with E-state index in [1.807, 2.05) is 5.32 Å². The van der Waals surface area contributed by atoms with Crippen LogP contribution in [0.5, 0.6) is 0 Å². The van der Waals surface area contributed by atoms with E-state index in [-0.39, 0.29) is 12.5 Å². The first-order valence-electron chi connectivity index (χ1n) is 5.63. The van der Waals surface area contributed by atoms with Crippen molar-refractivity contribution in [1.29, 1.82) is 0 Å². The van der Waals surface area contributed by atoms with Gasteiger partial charge in [0.1, 0.15) is 5.82 Å². The molecule has 2 amide bonds. The Morgan fingerprint density at radius 3 is 2.52 bits per heavy atom. The van der Waals surface area contributed by atoms with Crippen LogP contribution in [0, 0.1) is 21.7 Å². The molecule has 10 heteroatoms. The van der Waals surface area contributed by atoms with Gasteiger partial charge in [-0.25, -0.2) is 9.18 Å². The van der Waals surface area contributed by atoms with E-state index in [2.05, 4.69) is 5.32 Å². The van der Waals surface area contributed by atoms with Crippen LogP contribution in [0.15, 0.2) is 12.1 Å². The van der Waals surface area contributed by atoms with Gasteiger partial charge in [0.25, 0.3) is 0 Å². The van der Waals surface area contributed by atoms with Crippen LogP contribution >= 0.6 is 0 Å². The van der Waals surface area contributed by atoms with Crippen molar-refractivity contribution < 1.29 is 28.4 Å². The maximum atomic E-state index is 13.4. The van der Waals surface area contributed by atoms with Crippen LogP contribution in [-0.4, -0.2) is 28.1 Å². The molecule has 0 aliphatic heterocycles. The molecule has 0 saturated carbocycles. The van der Waals surface area contributed by atoms with Crippen molar-refractivity contribution in [1.82, 2.24) is 5.32 Å². The first kappa shape index (κ1) is 16.3. The minimum absolute atomic E-state index is 0.272. The van der Waals surface area contributed by atoms with Gasteiger partial charge in [0.15, 0.2) is 0 Å². The van der Waals surface area contributed by atoms with Crippen molar-refractivity contribution in [2.24, 2.45) is 0 Å². The lowest BCUT2D eigenvalue weighted by atomic mass is 10.2. The third-order valence-electron chi connectivity index (χ3n) is 2.34. The topological polar surface area (TPSA) is 122 Å². The number of nitrogens with zero attached hydrogens (tertiary/aromatic N) is 1. The minimum atomic E-state index is -1.37. The predicted molar refractivity (Wildman–Crippen MR) is 66.9 cm³/mol. The fourth-order valence-electron chi connectivity index (χ4n) is 1.47. The van der Waals surface area contributed by atoms with E-state index in [1.165, 1.54) is 6.92 Å². The molecule has 0 fully saturated rings. The van der Waals surface area contributed by atoms with Crippen molar-refractivity contribution in [3.05, 3.63) is 33.9 Å².